The molecule has 0 aromatic carbocycles. The predicted molar refractivity (Wildman–Crippen MR) is 124 cm³/mol. The van der Waals surface area contributed by atoms with E-state index in [1.54, 1.807) is 0 Å². The first-order valence-electron chi connectivity index (χ1n) is 12.1. The highest BCUT2D eigenvalue weighted by Crippen LogP contribution is 2.47. The van der Waals surface area contributed by atoms with Gasteiger partial charge >= 0.3 is 0 Å². The van der Waals surface area contributed by atoms with Gasteiger partial charge in [-0.15, -0.1) is 23.2 Å². The Hall–Kier alpha value is -1.11. The van der Waals surface area contributed by atoms with Crippen molar-refractivity contribution in [1.82, 2.24) is 16.0 Å². The van der Waals surface area contributed by atoms with E-state index >= 15 is 0 Å². The minimum absolute atomic E-state index is 0.0432. The molecular weight excluding hydrogens is 467 g/mol. The zero-order valence-electron chi connectivity index (χ0n) is 18.8. The molecule has 184 valence electrons. The van der Waals surface area contributed by atoms with Gasteiger partial charge in [-0.05, 0) is 64.2 Å². The molecule has 5 aliphatic rings. The number of halogens is 2. The normalized spacial score (nSPS) is 42.8. The molecule has 1 heterocycles. The number of nitrogens with one attached hydrogen (secondary N) is 3. The number of aliphatic hydroxyl groups is 1. The smallest absolute Gasteiger partial charge is 0.246 e. The molecule has 1 aliphatic heterocycles. The number of amides is 2. The van der Waals surface area contributed by atoms with E-state index in [1.165, 1.54) is 0 Å². The monoisotopic (exact) mass is 500 g/mol. The zero-order valence-corrected chi connectivity index (χ0v) is 20.3. The largest absolute Gasteiger partial charge is 0.391 e. The second-order valence-electron chi connectivity index (χ2n) is 10.3. The average molecular weight is 501 g/mol. The van der Waals surface area contributed by atoms with Crippen LogP contribution in [0.25, 0.3) is 0 Å². The highest BCUT2D eigenvalue weighted by molar-refractivity contribution is 6.30. The summed E-state index contributed by atoms with van der Waals surface area (Å²) in [5, 5.41) is 29.2. The van der Waals surface area contributed by atoms with Gasteiger partial charge in [0.25, 0.3) is 0 Å². The Morgan fingerprint density at radius 1 is 1.09 bits per heavy atom. The van der Waals surface area contributed by atoms with Crippen molar-refractivity contribution in [3.63, 3.8) is 0 Å². The number of rotatable bonds is 6. The third kappa shape index (κ3) is 5.59. The third-order valence-electron chi connectivity index (χ3n) is 8.11. The Balaban J connectivity index is 1.25. The fraction of sp³-hybridized carbons (Fsp3) is 0.870. The first kappa shape index (κ1) is 25.0. The van der Waals surface area contributed by atoms with Crippen molar-refractivity contribution in [2.24, 2.45) is 5.92 Å². The first-order chi connectivity index (χ1) is 15.7. The average Bonchev–Trinajstić information content (AvgIpc) is 2.81. The van der Waals surface area contributed by atoms with E-state index in [2.05, 4.69) is 22.0 Å². The molecule has 0 spiro atoms. The number of carbonyl (C=O) groups excluding carboxylic acids is 2. The molecule has 0 radical (unpaired) electrons. The van der Waals surface area contributed by atoms with Gasteiger partial charge in [0, 0.05) is 12.1 Å². The molecule has 2 amide bonds. The van der Waals surface area contributed by atoms with Crippen LogP contribution in [0.5, 0.6) is 0 Å². The minimum atomic E-state index is -0.731. The van der Waals surface area contributed by atoms with Gasteiger partial charge in [0.1, 0.15) is 6.61 Å². The number of nitriles is 1. The Labute approximate surface area is 205 Å². The van der Waals surface area contributed by atoms with E-state index in [-0.39, 0.29) is 47.2 Å². The van der Waals surface area contributed by atoms with Crippen molar-refractivity contribution >= 4 is 35.0 Å². The Kier molecular flexibility index (Phi) is 7.76. The number of piperidine rings is 1. The molecule has 1 saturated heterocycles. The molecule has 33 heavy (non-hydrogen) atoms. The van der Waals surface area contributed by atoms with Gasteiger partial charge in [-0.3, -0.25) is 9.59 Å². The number of hydrogen-bond acceptors (Lipinski definition) is 6. The highest BCUT2D eigenvalue weighted by Gasteiger charge is 2.55. The van der Waals surface area contributed by atoms with E-state index in [1.807, 2.05) is 0 Å². The quantitative estimate of drug-likeness (QED) is 0.411. The maximum absolute atomic E-state index is 12.8. The van der Waals surface area contributed by atoms with Crippen LogP contribution in [0.4, 0.5) is 0 Å². The Morgan fingerprint density at radius 2 is 1.85 bits per heavy atom. The topological polar surface area (TPSA) is 123 Å². The lowest BCUT2D eigenvalue weighted by molar-refractivity contribution is -0.140. The zero-order chi connectivity index (χ0) is 23.6. The van der Waals surface area contributed by atoms with Gasteiger partial charge in [-0.25, -0.2) is 0 Å². The standard InChI is InChI=1S/C23H34Cl2N4O4/c24-16-3-2-15(9-17(16)25)33-13-20(31)28-23-7-5-22(6-8-23,10-19(23)30)29-21(32)18-4-1-14(11-26)12-27-18/h14-19,27,30H,1-10,12-13H2,(H,28,31)(H,29,32)/t14?,15?,16?,17?,18?,19-,22?,23?/m0/s1. The number of aliphatic hydroxyl groups excluding tert-OH is 1. The molecule has 0 aromatic heterocycles. The van der Waals surface area contributed by atoms with Crippen molar-refractivity contribution in [2.45, 2.75) is 104 Å². The fourth-order valence-electron chi connectivity index (χ4n) is 5.90. The summed E-state index contributed by atoms with van der Waals surface area (Å²) in [6.07, 6.45) is 5.78. The number of alkyl halides is 2. The Bertz CT molecular complexity index is 775. The van der Waals surface area contributed by atoms with Gasteiger partial charge in [-0.2, -0.15) is 5.26 Å². The summed E-state index contributed by atoms with van der Waals surface area (Å²) in [6.45, 7) is 0.467. The number of ether oxygens (including phenoxy) is 1. The van der Waals surface area contributed by atoms with Crippen molar-refractivity contribution in [3.05, 3.63) is 0 Å². The predicted octanol–water partition coefficient (Wildman–Crippen LogP) is 1.71. The number of carbonyl (C=O) groups is 2. The number of fused-ring (bicyclic) bond motifs is 3. The van der Waals surface area contributed by atoms with Gasteiger partial charge < -0.3 is 25.8 Å². The van der Waals surface area contributed by atoms with E-state index < -0.39 is 17.2 Å². The molecule has 5 unspecified atom stereocenters. The molecule has 4 saturated carbocycles. The fourth-order valence-corrected chi connectivity index (χ4v) is 6.46. The van der Waals surface area contributed by atoms with Crippen LogP contribution < -0.4 is 16.0 Å². The maximum Gasteiger partial charge on any atom is 0.246 e. The lowest BCUT2D eigenvalue weighted by Gasteiger charge is -2.56. The van der Waals surface area contributed by atoms with Gasteiger partial charge in [0.15, 0.2) is 0 Å². The summed E-state index contributed by atoms with van der Waals surface area (Å²) in [4.78, 5) is 25.5. The van der Waals surface area contributed by atoms with Crippen molar-refractivity contribution < 1.29 is 19.4 Å². The maximum atomic E-state index is 12.8. The second-order valence-corrected chi connectivity index (χ2v) is 11.5. The van der Waals surface area contributed by atoms with E-state index in [0.29, 0.717) is 57.9 Å². The molecule has 6 atom stereocenters. The van der Waals surface area contributed by atoms with Crippen LogP contribution in [-0.4, -0.2) is 70.2 Å². The van der Waals surface area contributed by atoms with Gasteiger partial charge in [0.2, 0.25) is 11.8 Å². The summed E-state index contributed by atoms with van der Waals surface area (Å²) in [6, 6.07) is 1.95. The van der Waals surface area contributed by atoms with Crippen molar-refractivity contribution in [3.8, 4) is 6.07 Å². The lowest BCUT2D eigenvalue weighted by atomic mass is 9.59. The van der Waals surface area contributed by atoms with E-state index in [0.717, 1.165) is 12.8 Å². The highest BCUT2D eigenvalue weighted by atomic mass is 35.5. The summed E-state index contributed by atoms with van der Waals surface area (Å²) in [7, 11) is 0. The summed E-state index contributed by atoms with van der Waals surface area (Å²) in [5.74, 6) is -0.335. The van der Waals surface area contributed by atoms with Crippen molar-refractivity contribution in [1.29, 1.82) is 5.26 Å². The van der Waals surface area contributed by atoms with Crippen LogP contribution in [0.2, 0.25) is 0 Å². The lowest BCUT2D eigenvalue weighted by Crippen LogP contribution is -2.71. The summed E-state index contributed by atoms with van der Waals surface area (Å²) in [5.41, 5.74) is -1.11. The van der Waals surface area contributed by atoms with E-state index in [9.17, 15) is 14.7 Å². The van der Waals surface area contributed by atoms with Crippen LogP contribution in [0.1, 0.15) is 64.2 Å². The summed E-state index contributed by atoms with van der Waals surface area (Å²) >= 11 is 12.4. The number of hydrogen-bond donors (Lipinski definition) is 4. The molecule has 8 nitrogen and oxygen atoms in total. The molecule has 5 rings (SSSR count). The van der Waals surface area contributed by atoms with Crippen LogP contribution >= 0.6 is 23.2 Å². The molecule has 10 heteroatoms. The third-order valence-corrected chi connectivity index (χ3v) is 9.24. The minimum Gasteiger partial charge on any atom is -0.391 e. The first-order valence-corrected chi connectivity index (χ1v) is 13.0. The van der Waals surface area contributed by atoms with Crippen LogP contribution in [0, 0.1) is 17.2 Å². The van der Waals surface area contributed by atoms with Crippen LogP contribution in [-0.2, 0) is 14.3 Å². The SMILES string of the molecule is N#CC1CCC(C(=O)NC23CCC(NC(=O)COC4CCC(Cl)C(Cl)C4)(CC2)[C@@H](O)C3)NC1. The molecule has 2 bridgehead atoms. The second kappa shape index (κ2) is 10.2. The Morgan fingerprint density at radius 3 is 2.45 bits per heavy atom. The summed E-state index contributed by atoms with van der Waals surface area (Å²) < 4.78 is 5.78. The molecule has 0 aromatic rings. The molecule has 4 N–H and O–H groups in total. The van der Waals surface area contributed by atoms with Crippen LogP contribution in [0.3, 0.4) is 0 Å². The van der Waals surface area contributed by atoms with Gasteiger partial charge in [-0.1, -0.05) is 0 Å². The van der Waals surface area contributed by atoms with Gasteiger partial charge in [0.05, 0.1) is 46.5 Å². The van der Waals surface area contributed by atoms with E-state index in [4.69, 9.17) is 33.2 Å². The van der Waals surface area contributed by atoms with Crippen LogP contribution in [0.15, 0.2) is 0 Å². The number of nitrogens with zero attached hydrogens (tertiary/aromatic N) is 1. The molecule has 5 fully saturated rings. The molecule has 4 aliphatic carbocycles. The van der Waals surface area contributed by atoms with Crippen molar-refractivity contribution in [2.75, 3.05) is 13.2 Å². The molecular formula is C23H34Cl2N4O4.